The maximum absolute atomic E-state index is 12.5. The van der Waals surface area contributed by atoms with E-state index in [0.717, 1.165) is 18.4 Å². The predicted octanol–water partition coefficient (Wildman–Crippen LogP) is 2.91. The highest BCUT2D eigenvalue weighted by Gasteiger charge is 2.35. The molecular formula is C16H20O4. The number of hydrogen-bond donors (Lipinski definition) is 1. The van der Waals surface area contributed by atoms with Crippen LogP contribution in [0.25, 0.3) is 0 Å². The monoisotopic (exact) mass is 276 g/mol. The molecule has 2 atom stereocenters. The molecule has 1 aromatic rings. The molecule has 2 rings (SSSR count). The number of ketones is 1. The van der Waals surface area contributed by atoms with Gasteiger partial charge in [-0.1, -0.05) is 37.1 Å². The Bertz CT molecular complexity index is 478. The van der Waals surface area contributed by atoms with Gasteiger partial charge in [0, 0.05) is 18.6 Å². The van der Waals surface area contributed by atoms with E-state index < -0.39 is 11.9 Å². The van der Waals surface area contributed by atoms with Crippen LogP contribution in [0.3, 0.4) is 0 Å². The normalized spacial score (nSPS) is 22.4. The number of ether oxygens (including phenoxy) is 1. The number of carbonyl (C=O) groups excluding carboxylic acids is 1. The molecule has 4 heteroatoms. The van der Waals surface area contributed by atoms with E-state index in [1.54, 1.807) is 19.2 Å². The van der Waals surface area contributed by atoms with Crippen molar-refractivity contribution in [1.82, 2.24) is 0 Å². The van der Waals surface area contributed by atoms with E-state index in [1.165, 1.54) is 0 Å². The third kappa shape index (κ3) is 3.25. The summed E-state index contributed by atoms with van der Waals surface area (Å²) in [6.45, 7) is 0.510. The Labute approximate surface area is 118 Å². The quantitative estimate of drug-likeness (QED) is 0.840. The number of rotatable bonds is 5. The van der Waals surface area contributed by atoms with Crippen LogP contribution in [0.15, 0.2) is 24.3 Å². The fourth-order valence-corrected chi connectivity index (χ4v) is 2.89. The molecular weight excluding hydrogens is 256 g/mol. The lowest BCUT2D eigenvalue weighted by Crippen LogP contribution is -2.32. The van der Waals surface area contributed by atoms with E-state index in [-0.39, 0.29) is 11.7 Å². The molecule has 0 aromatic heterocycles. The van der Waals surface area contributed by atoms with Gasteiger partial charge in [0.2, 0.25) is 0 Å². The molecule has 0 aliphatic heterocycles. The first-order chi connectivity index (χ1) is 9.63. The maximum atomic E-state index is 12.5. The highest BCUT2D eigenvalue weighted by molar-refractivity contribution is 6.00. The molecule has 0 bridgehead atoms. The van der Waals surface area contributed by atoms with Crippen LogP contribution in [-0.4, -0.2) is 24.0 Å². The number of hydrogen-bond acceptors (Lipinski definition) is 3. The molecule has 0 radical (unpaired) electrons. The van der Waals surface area contributed by atoms with E-state index in [1.807, 2.05) is 12.1 Å². The molecule has 0 saturated heterocycles. The first kappa shape index (κ1) is 14.7. The van der Waals surface area contributed by atoms with Crippen LogP contribution < -0.4 is 0 Å². The standard InChI is InChI=1S/C16H20O4/c1-20-10-11-6-8-12(9-7-11)15(17)13-4-2-3-5-14(13)16(18)19/h6-9,13-14H,2-5,10H2,1H3,(H,18,19). The third-order valence-electron chi connectivity index (χ3n) is 3.97. The van der Waals surface area contributed by atoms with Crippen LogP contribution in [0, 0.1) is 11.8 Å². The number of aliphatic carboxylic acids is 1. The number of benzene rings is 1. The third-order valence-corrected chi connectivity index (χ3v) is 3.97. The smallest absolute Gasteiger partial charge is 0.307 e. The summed E-state index contributed by atoms with van der Waals surface area (Å²) >= 11 is 0. The summed E-state index contributed by atoms with van der Waals surface area (Å²) < 4.78 is 5.03. The molecule has 0 amide bonds. The zero-order valence-electron chi connectivity index (χ0n) is 11.7. The van der Waals surface area contributed by atoms with Crippen LogP contribution in [0.2, 0.25) is 0 Å². The van der Waals surface area contributed by atoms with Crippen LogP contribution >= 0.6 is 0 Å². The van der Waals surface area contributed by atoms with Gasteiger partial charge in [-0.3, -0.25) is 9.59 Å². The number of carboxylic acids is 1. The van der Waals surface area contributed by atoms with Crippen molar-refractivity contribution in [1.29, 1.82) is 0 Å². The average molecular weight is 276 g/mol. The van der Waals surface area contributed by atoms with Crippen molar-refractivity contribution in [2.45, 2.75) is 32.3 Å². The van der Waals surface area contributed by atoms with Crippen molar-refractivity contribution in [3.63, 3.8) is 0 Å². The molecule has 4 nitrogen and oxygen atoms in total. The minimum atomic E-state index is -0.848. The Kier molecular flexibility index (Phi) is 4.90. The van der Waals surface area contributed by atoms with Gasteiger partial charge in [0.1, 0.15) is 0 Å². The van der Waals surface area contributed by atoms with Crippen LogP contribution in [0.1, 0.15) is 41.6 Å². The van der Waals surface area contributed by atoms with Gasteiger partial charge in [0.25, 0.3) is 0 Å². The summed E-state index contributed by atoms with van der Waals surface area (Å²) in [5, 5.41) is 9.25. The first-order valence-corrected chi connectivity index (χ1v) is 6.98. The summed E-state index contributed by atoms with van der Waals surface area (Å²) in [7, 11) is 1.62. The topological polar surface area (TPSA) is 63.6 Å². The van der Waals surface area contributed by atoms with Gasteiger partial charge in [-0.2, -0.15) is 0 Å². The van der Waals surface area contributed by atoms with Crippen molar-refractivity contribution in [2.24, 2.45) is 11.8 Å². The zero-order chi connectivity index (χ0) is 14.5. The van der Waals surface area contributed by atoms with Gasteiger partial charge in [-0.15, -0.1) is 0 Å². The molecule has 1 saturated carbocycles. The molecule has 1 aliphatic rings. The molecule has 2 unspecified atom stereocenters. The maximum Gasteiger partial charge on any atom is 0.307 e. The molecule has 0 spiro atoms. The minimum absolute atomic E-state index is 0.0407. The number of carbonyl (C=O) groups is 2. The number of methoxy groups -OCH3 is 1. The van der Waals surface area contributed by atoms with Crippen LogP contribution in [0.5, 0.6) is 0 Å². The molecule has 1 N–H and O–H groups in total. The Morgan fingerprint density at radius 2 is 1.75 bits per heavy atom. The van der Waals surface area contributed by atoms with Gasteiger partial charge >= 0.3 is 5.97 Å². The van der Waals surface area contributed by atoms with E-state index in [0.29, 0.717) is 25.0 Å². The van der Waals surface area contributed by atoms with Gasteiger partial charge in [0.15, 0.2) is 5.78 Å². The molecule has 1 aromatic carbocycles. The fraction of sp³-hybridized carbons (Fsp3) is 0.500. The number of Topliss-reactive ketones (excluding diaryl/α,β-unsaturated/α-hetero) is 1. The summed E-state index contributed by atoms with van der Waals surface area (Å²) in [5.41, 5.74) is 1.60. The van der Waals surface area contributed by atoms with Gasteiger partial charge in [-0.25, -0.2) is 0 Å². The summed E-state index contributed by atoms with van der Waals surface area (Å²) in [5.74, 6) is -1.80. The second-order valence-electron chi connectivity index (χ2n) is 5.33. The molecule has 20 heavy (non-hydrogen) atoms. The second kappa shape index (κ2) is 6.66. The van der Waals surface area contributed by atoms with E-state index in [2.05, 4.69) is 0 Å². The Morgan fingerprint density at radius 3 is 2.30 bits per heavy atom. The molecule has 0 heterocycles. The molecule has 1 fully saturated rings. The predicted molar refractivity (Wildman–Crippen MR) is 74.6 cm³/mol. The van der Waals surface area contributed by atoms with E-state index >= 15 is 0 Å². The van der Waals surface area contributed by atoms with Crippen LogP contribution in [-0.2, 0) is 16.1 Å². The highest BCUT2D eigenvalue weighted by Crippen LogP contribution is 2.32. The van der Waals surface area contributed by atoms with E-state index in [9.17, 15) is 14.7 Å². The summed E-state index contributed by atoms with van der Waals surface area (Å²) in [6.07, 6.45) is 3.11. The van der Waals surface area contributed by atoms with Crippen molar-refractivity contribution in [3.8, 4) is 0 Å². The second-order valence-corrected chi connectivity index (χ2v) is 5.33. The lowest BCUT2D eigenvalue weighted by atomic mass is 9.75. The van der Waals surface area contributed by atoms with Gasteiger partial charge in [0.05, 0.1) is 12.5 Å². The van der Waals surface area contributed by atoms with E-state index in [4.69, 9.17) is 4.74 Å². The lowest BCUT2D eigenvalue weighted by molar-refractivity contribution is -0.144. The average Bonchev–Trinajstić information content (AvgIpc) is 2.47. The number of carboxylic acid groups (broad SMARTS) is 1. The van der Waals surface area contributed by atoms with Crippen molar-refractivity contribution in [3.05, 3.63) is 35.4 Å². The van der Waals surface area contributed by atoms with Crippen molar-refractivity contribution in [2.75, 3.05) is 7.11 Å². The van der Waals surface area contributed by atoms with Crippen molar-refractivity contribution >= 4 is 11.8 Å². The zero-order valence-corrected chi connectivity index (χ0v) is 11.7. The minimum Gasteiger partial charge on any atom is -0.481 e. The van der Waals surface area contributed by atoms with Gasteiger partial charge in [-0.05, 0) is 18.4 Å². The summed E-state index contributed by atoms with van der Waals surface area (Å²) in [6, 6.07) is 7.25. The van der Waals surface area contributed by atoms with Crippen LogP contribution in [0.4, 0.5) is 0 Å². The SMILES string of the molecule is COCc1ccc(C(=O)C2CCCCC2C(=O)O)cc1. The Balaban J connectivity index is 2.14. The highest BCUT2D eigenvalue weighted by atomic mass is 16.5. The lowest BCUT2D eigenvalue weighted by Gasteiger charge is -2.27. The Hall–Kier alpha value is -1.68. The molecule has 108 valence electrons. The van der Waals surface area contributed by atoms with Gasteiger partial charge < -0.3 is 9.84 Å². The van der Waals surface area contributed by atoms with Crippen molar-refractivity contribution < 1.29 is 19.4 Å². The summed E-state index contributed by atoms with van der Waals surface area (Å²) in [4.78, 5) is 23.8. The first-order valence-electron chi connectivity index (χ1n) is 6.98. The molecule has 1 aliphatic carbocycles. The fourth-order valence-electron chi connectivity index (χ4n) is 2.89. The largest absolute Gasteiger partial charge is 0.481 e. The Morgan fingerprint density at radius 1 is 1.15 bits per heavy atom.